The highest BCUT2D eigenvalue weighted by Gasteiger charge is 2.11. The summed E-state index contributed by atoms with van der Waals surface area (Å²) in [7, 11) is 0. The van der Waals surface area contributed by atoms with Crippen molar-refractivity contribution >= 4 is 22.8 Å². The molecule has 0 saturated heterocycles. The second-order valence-electron chi connectivity index (χ2n) is 7.28. The summed E-state index contributed by atoms with van der Waals surface area (Å²) in [5.41, 5.74) is 8.70. The number of hydrazine groups is 1. The van der Waals surface area contributed by atoms with Gasteiger partial charge in [-0.1, -0.05) is 38.1 Å². The Morgan fingerprint density at radius 1 is 1.10 bits per heavy atom. The predicted octanol–water partition coefficient (Wildman–Crippen LogP) is 3.15. The number of ether oxygens (including phenoxy) is 1. The molecule has 7 heteroatoms. The van der Waals surface area contributed by atoms with Crippen molar-refractivity contribution < 1.29 is 14.3 Å². The largest absolute Gasteiger partial charge is 0.483 e. The third-order valence-electron chi connectivity index (χ3n) is 4.52. The molecule has 0 radical (unpaired) electrons. The number of H-pyrrole nitrogens is 1. The van der Waals surface area contributed by atoms with E-state index in [1.54, 1.807) is 0 Å². The van der Waals surface area contributed by atoms with Gasteiger partial charge < -0.3 is 9.72 Å². The Hall–Kier alpha value is -3.35. The number of benzene rings is 2. The lowest BCUT2D eigenvalue weighted by Gasteiger charge is -2.15. The minimum Gasteiger partial charge on any atom is -0.483 e. The topological polar surface area (TPSA) is 96.1 Å². The van der Waals surface area contributed by atoms with E-state index in [9.17, 15) is 9.59 Å². The molecule has 2 aromatic carbocycles. The second-order valence-corrected chi connectivity index (χ2v) is 7.28. The average Bonchev–Trinajstić information content (AvgIpc) is 3.12. The molecule has 0 bridgehead atoms. The molecule has 0 spiro atoms. The Morgan fingerprint density at radius 2 is 1.86 bits per heavy atom. The monoisotopic (exact) mass is 394 g/mol. The summed E-state index contributed by atoms with van der Waals surface area (Å²) in [6.07, 6.45) is 0.657. The maximum absolute atomic E-state index is 12.0. The normalized spacial score (nSPS) is 10.9. The summed E-state index contributed by atoms with van der Waals surface area (Å²) in [6, 6.07) is 13.6. The zero-order valence-electron chi connectivity index (χ0n) is 16.9. The number of aromatic nitrogens is 2. The fraction of sp³-hybridized carbons (Fsp3) is 0.318. The van der Waals surface area contributed by atoms with Crippen LogP contribution in [0.3, 0.4) is 0 Å². The van der Waals surface area contributed by atoms with Crippen LogP contribution >= 0.6 is 0 Å². The van der Waals surface area contributed by atoms with Gasteiger partial charge in [-0.2, -0.15) is 0 Å². The van der Waals surface area contributed by atoms with Gasteiger partial charge in [-0.25, -0.2) is 4.98 Å². The van der Waals surface area contributed by atoms with Gasteiger partial charge in [0, 0.05) is 12.8 Å². The number of rotatable bonds is 7. The number of hydrogen-bond acceptors (Lipinski definition) is 4. The Labute approximate surface area is 169 Å². The molecule has 1 aromatic heterocycles. The predicted molar refractivity (Wildman–Crippen MR) is 111 cm³/mol. The number of hydrogen-bond donors (Lipinski definition) is 3. The molecule has 0 atom stereocenters. The van der Waals surface area contributed by atoms with Gasteiger partial charge in [-0.15, -0.1) is 0 Å². The zero-order chi connectivity index (χ0) is 20.8. The number of nitrogens with one attached hydrogen (secondary N) is 3. The molecule has 2 amide bonds. The van der Waals surface area contributed by atoms with Gasteiger partial charge in [0.1, 0.15) is 11.6 Å². The molecule has 0 unspecified atom stereocenters. The highest BCUT2D eigenvalue weighted by Crippen LogP contribution is 2.27. The van der Waals surface area contributed by atoms with Gasteiger partial charge in [-0.3, -0.25) is 20.4 Å². The average molecular weight is 394 g/mol. The summed E-state index contributed by atoms with van der Waals surface area (Å²) in [4.78, 5) is 31.6. The maximum atomic E-state index is 12.0. The highest BCUT2D eigenvalue weighted by molar-refractivity contribution is 5.83. The summed E-state index contributed by atoms with van der Waals surface area (Å²) < 4.78 is 5.66. The number of carbonyl (C=O) groups excluding carboxylic acids is 2. The lowest BCUT2D eigenvalue weighted by atomic mass is 10.0. The molecule has 152 valence electrons. The Bertz CT molecular complexity index is 977. The lowest BCUT2D eigenvalue weighted by molar-refractivity contribution is -0.130. The Morgan fingerprint density at radius 3 is 2.62 bits per heavy atom. The third-order valence-corrected chi connectivity index (χ3v) is 4.52. The molecule has 0 fully saturated rings. The van der Waals surface area contributed by atoms with Crippen LogP contribution in [-0.2, 0) is 16.0 Å². The summed E-state index contributed by atoms with van der Waals surface area (Å²) in [5, 5.41) is 0. The Kier molecular flexibility index (Phi) is 6.49. The van der Waals surface area contributed by atoms with E-state index in [0.29, 0.717) is 12.2 Å². The van der Waals surface area contributed by atoms with Crippen LogP contribution in [-0.4, -0.2) is 28.4 Å². The number of aromatic amines is 1. The third kappa shape index (κ3) is 5.57. The minimum absolute atomic E-state index is 0.174. The molecule has 0 saturated carbocycles. The molecule has 29 heavy (non-hydrogen) atoms. The van der Waals surface area contributed by atoms with Crippen LogP contribution < -0.4 is 15.6 Å². The maximum Gasteiger partial charge on any atom is 0.276 e. The van der Waals surface area contributed by atoms with Crippen molar-refractivity contribution in [1.82, 2.24) is 20.8 Å². The van der Waals surface area contributed by atoms with Gasteiger partial charge in [0.15, 0.2) is 6.61 Å². The van der Waals surface area contributed by atoms with Crippen molar-refractivity contribution in [3.8, 4) is 5.75 Å². The van der Waals surface area contributed by atoms with E-state index in [4.69, 9.17) is 4.74 Å². The van der Waals surface area contributed by atoms with Crippen molar-refractivity contribution in [2.75, 3.05) is 6.61 Å². The lowest BCUT2D eigenvalue weighted by Crippen LogP contribution is -2.44. The first-order valence-electron chi connectivity index (χ1n) is 9.67. The van der Waals surface area contributed by atoms with Crippen LogP contribution in [0.5, 0.6) is 5.75 Å². The van der Waals surface area contributed by atoms with E-state index in [1.165, 1.54) is 0 Å². The molecule has 7 nitrogen and oxygen atoms in total. The standard InChI is InChI=1S/C22H26N4O3/c1-14(2)16-9-8-15(3)12-19(16)29-13-22(28)26-25-21(27)11-10-20-23-17-6-4-5-7-18(17)24-20/h4-9,12,14H,10-11,13H2,1-3H3,(H,23,24)(H,25,27)(H,26,28). The highest BCUT2D eigenvalue weighted by atomic mass is 16.5. The number of fused-ring (bicyclic) bond motifs is 1. The number of carbonyl (C=O) groups is 2. The van der Waals surface area contributed by atoms with Crippen molar-refractivity contribution in [3.63, 3.8) is 0 Å². The first kappa shape index (κ1) is 20.4. The van der Waals surface area contributed by atoms with E-state index in [1.807, 2.05) is 49.4 Å². The number of amides is 2. The summed E-state index contributed by atoms with van der Waals surface area (Å²) in [6.45, 7) is 5.94. The smallest absolute Gasteiger partial charge is 0.276 e. The molecule has 3 rings (SSSR count). The second kappa shape index (κ2) is 9.23. The molecule has 0 aliphatic rings. The minimum atomic E-state index is -0.418. The number of aryl methyl sites for hydroxylation is 2. The van der Waals surface area contributed by atoms with Crippen molar-refractivity contribution in [1.29, 1.82) is 0 Å². The van der Waals surface area contributed by atoms with E-state index < -0.39 is 5.91 Å². The first-order valence-corrected chi connectivity index (χ1v) is 9.67. The van der Waals surface area contributed by atoms with Crippen LogP contribution in [0, 0.1) is 6.92 Å². The van der Waals surface area contributed by atoms with Gasteiger partial charge in [0.2, 0.25) is 5.91 Å². The molecular formula is C22H26N4O3. The molecule has 1 heterocycles. The van der Waals surface area contributed by atoms with Crippen molar-refractivity contribution in [3.05, 3.63) is 59.4 Å². The van der Waals surface area contributed by atoms with Crippen LogP contribution in [0.1, 0.15) is 43.1 Å². The summed E-state index contributed by atoms with van der Waals surface area (Å²) >= 11 is 0. The van der Waals surface area contributed by atoms with E-state index in [2.05, 4.69) is 34.7 Å². The number of nitrogens with zero attached hydrogens (tertiary/aromatic N) is 1. The fourth-order valence-electron chi connectivity index (χ4n) is 2.98. The molecule has 3 N–H and O–H groups in total. The van der Waals surface area contributed by atoms with Crippen molar-refractivity contribution in [2.45, 2.75) is 39.5 Å². The fourth-order valence-corrected chi connectivity index (χ4v) is 2.98. The van der Waals surface area contributed by atoms with Crippen LogP contribution in [0.15, 0.2) is 42.5 Å². The first-order chi connectivity index (χ1) is 13.9. The summed E-state index contributed by atoms with van der Waals surface area (Å²) in [5.74, 6) is 0.991. The quantitative estimate of drug-likeness (QED) is 0.537. The van der Waals surface area contributed by atoms with E-state index in [0.717, 1.165) is 28.0 Å². The van der Waals surface area contributed by atoms with Crippen LogP contribution in [0.25, 0.3) is 11.0 Å². The number of imidazole rings is 1. The zero-order valence-corrected chi connectivity index (χ0v) is 16.9. The van der Waals surface area contributed by atoms with Gasteiger partial charge in [0.25, 0.3) is 5.91 Å². The van der Waals surface area contributed by atoms with Crippen LogP contribution in [0.2, 0.25) is 0 Å². The molecule has 3 aromatic rings. The van der Waals surface area contributed by atoms with Gasteiger partial charge in [0.05, 0.1) is 11.0 Å². The molecule has 0 aliphatic carbocycles. The van der Waals surface area contributed by atoms with Gasteiger partial charge in [-0.05, 0) is 42.2 Å². The number of para-hydroxylation sites is 2. The van der Waals surface area contributed by atoms with E-state index >= 15 is 0 Å². The Balaban J connectivity index is 1.43. The van der Waals surface area contributed by atoms with Crippen LogP contribution in [0.4, 0.5) is 0 Å². The SMILES string of the molecule is Cc1ccc(C(C)C)c(OCC(=O)NNC(=O)CCc2nc3ccccc3[nH]2)c1. The van der Waals surface area contributed by atoms with Gasteiger partial charge >= 0.3 is 0 Å². The molecule has 0 aliphatic heterocycles. The molecular weight excluding hydrogens is 368 g/mol. The van der Waals surface area contributed by atoms with E-state index in [-0.39, 0.29) is 24.9 Å². The van der Waals surface area contributed by atoms with Crippen molar-refractivity contribution in [2.24, 2.45) is 0 Å².